The van der Waals surface area contributed by atoms with Crippen molar-refractivity contribution in [1.82, 2.24) is 9.38 Å². The second kappa shape index (κ2) is 6.62. The van der Waals surface area contributed by atoms with Crippen molar-refractivity contribution in [1.29, 1.82) is 0 Å². The van der Waals surface area contributed by atoms with Gasteiger partial charge in [0.25, 0.3) is 5.91 Å². The lowest BCUT2D eigenvalue weighted by Gasteiger charge is -2.10. The van der Waals surface area contributed by atoms with Gasteiger partial charge in [-0.1, -0.05) is 12.1 Å². The van der Waals surface area contributed by atoms with Gasteiger partial charge in [-0.05, 0) is 38.1 Å². The van der Waals surface area contributed by atoms with E-state index < -0.39 is 0 Å². The Kier molecular flexibility index (Phi) is 4.37. The van der Waals surface area contributed by atoms with E-state index >= 15 is 0 Å². The van der Waals surface area contributed by atoms with Crippen LogP contribution in [0.15, 0.2) is 42.6 Å². The number of para-hydroxylation sites is 2. The van der Waals surface area contributed by atoms with Gasteiger partial charge in [0.2, 0.25) is 0 Å². The highest BCUT2D eigenvalue weighted by atomic mass is 16.5. The van der Waals surface area contributed by atoms with Gasteiger partial charge in [0.05, 0.1) is 18.5 Å². The molecule has 2 heterocycles. The molecule has 124 valence electrons. The first-order valence-electron chi connectivity index (χ1n) is 7.59. The zero-order chi connectivity index (χ0) is 17.1. The molecule has 0 unspecified atom stereocenters. The molecule has 0 fully saturated rings. The monoisotopic (exact) mass is 325 g/mol. The van der Waals surface area contributed by atoms with Gasteiger partial charge in [-0.2, -0.15) is 0 Å². The van der Waals surface area contributed by atoms with Gasteiger partial charge in [-0.25, -0.2) is 4.98 Å². The number of nitrogens with one attached hydrogen (secondary N) is 1. The number of hydrogen-bond acceptors (Lipinski definition) is 4. The molecular weight excluding hydrogens is 306 g/mol. The first-order valence-corrected chi connectivity index (χ1v) is 7.59. The minimum atomic E-state index is -0.241. The van der Waals surface area contributed by atoms with Crippen LogP contribution in [0, 0.1) is 13.8 Å². The summed E-state index contributed by atoms with van der Waals surface area (Å²) in [6.07, 6.45) is 1.85. The van der Waals surface area contributed by atoms with Crippen LogP contribution in [0.3, 0.4) is 0 Å². The number of anilines is 1. The van der Waals surface area contributed by atoms with Crippen molar-refractivity contribution in [2.45, 2.75) is 13.8 Å². The average Bonchev–Trinajstić information content (AvgIpc) is 2.88. The lowest BCUT2D eigenvalue weighted by Crippen LogP contribution is -2.20. The van der Waals surface area contributed by atoms with Crippen LogP contribution in [0.1, 0.15) is 11.4 Å². The molecule has 0 spiro atoms. The molecule has 3 aromatic rings. The molecule has 2 aromatic heterocycles. The topological polar surface area (TPSA) is 64.9 Å². The summed E-state index contributed by atoms with van der Waals surface area (Å²) in [5.41, 5.74) is 3.56. The number of pyridine rings is 1. The molecule has 1 amide bonds. The largest absolute Gasteiger partial charge is 0.493 e. The number of fused-ring (bicyclic) bond motifs is 1. The maximum atomic E-state index is 12.1. The summed E-state index contributed by atoms with van der Waals surface area (Å²) < 4.78 is 12.7. The predicted molar refractivity (Wildman–Crippen MR) is 91.8 cm³/mol. The number of nitrogens with zero attached hydrogens (tertiary/aromatic N) is 2. The Morgan fingerprint density at radius 1 is 1.17 bits per heavy atom. The third-order valence-corrected chi connectivity index (χ3v) is 3.81. The number of methoxy groups -OCH3 is 1. The number of hydrogen-bond donors (Lipinski definition) is 1. The molecule has 0 atom stereocenters. The second-order valence-electron chi connectivity index (χ2n) is 5.42. The van der Waals surface area contributed by atoms with E-state index in [-0.39, 0.29) is 12.5 Å². The highest BCUT2D eigenvalue weighted by Crippen LogP contribution is 2.25. The van der Waals surface area contributed by atoms with Crippen molar-refractivity contribution in [3.05, 3.63) is 54.0 Å². The molecule has 6 heteroatoms. The average molecular weight is 325 g/mol. The Morgan fingerprint density at radius 2 is 1.92 bits per heavy atom. The smallest absolute Gasteiger partial charge is 0.262 e. The molecule has 0 aliphatic heterocycles. The summed E-state index contributed by atoms with van der Waals surface area (Å²) >= 11 is 0. The quantitative estimate of drug-likeness (QED) is 0.783. The van der Waals surface area contributed by atoms with E-state index in [1.165, 1.54) is 0 Å². The van der Waals surface area contributed by atoms with Crippen LogP contribution < -0.4 is 14.8 Å². The Balaban J connectivity index is 1.67. The fourth-order valence-electron chi connectivity index (χ4n) is 2.43. The van der Waals surface area contributed by atoms with E-state index in [2.05, 4.69) is 10.3 Å². The molecule has 3 rings (SSSR count). The molecule has 1 N–H and O–H groups in total. The summed E-state index contributed by atoms with van der Waals surface area (Å²) in [6.45, 7) is 3.85. The van der Waals surface area contributed by atoms with E-state index in [9.17, 15) is 4.79 Å². The minimum absolute atomic E-state index is 0.0969. The summed E-state index contributed by atoms with van der Waals surface area (Å²) in [4.78, 5) is 16.5. The summed E-state index contributed by atoms with van der Waals surface area (Å²) in [7, 11) is 1.56. The maximum absolute atomic E-state index is 12.1. The lowest BCUT2D eigenvalue weighted by atomic mass is 10.3. The first-order chi connectivity index (χ1) is 11.6. The molecule has 0 radical (unpaired) electrons. The second-order valence-corrected chi connectivity index (χ2v) is 5.42. The van der Waals surface area contributed by atoms with E-state index in [1.54, 1.807) is 19.2 Å². The zero-order valence-corrected chi connectivity index (χ0v) is 13.9. The van der Waals surface area contributed by atoms with Crippen molar-refractivity contribution < 1.29 is 14.3 Å². The number of amides is 1. The Bertz CT molecular complexity index is 886. The molecule has 0 aliphatic rings. The van der Waals surface area contributed by atoms with Crippen molar-refractivity contribution in [3.8, 4) is 11.5 Å². The molecule has 0 bridgehead atoms. The fraction of sp³-hybridized carbons (Fsp3) is 0.222. The third-order valence-electron chi connectivity index (χ3n) is 3.81. The van der Waals surface area contributed by atoms with Crippen molar-refractivity contribution in [3.63, 3.8) is 0 Å². The standard InChI is InChI=1S/C18H19N3O3/c1-12-13(2)21-10-14(8-9-17(21)19-12)20-18(22)11-24-16-7-5-4-6-15(16)23-3/h4-10H,11H2,1-3H3,(H,20,22). The highest BCUT2D eigenvalue weighted by molar-refractivity contribution is 5.91. The number of aromatic nitrogens is 2. The van der Waals surface area contributed by atoms with Crippen molar-refractivity contribution in [2.24, 2.45) is 0 Å². The van der Waals surface area contributed by atoms with E-state index in [4.69, 9.17) is 9.47 Å². The molecule has 6 nitrogen and oxygen atoms in total. The highest BCUT2D eigenvalue weighted by Gasteiger charge is 2.09. The normalized spacial score (nSPS) is 10.6. The molecule has 0 aliphatic carbocycles. The molecule has 1 aromatic carbocycles. The maximum Gasteiger partial charge on any atom is 0.262 e. The number of ether oxygens (including phenoxy) is 2. The van der Waals surface area contributed by atoms with Gasteiger partial charge < -0.3 is 19.2 Å². The van der Waals surface area contributed by atoms with Crippen LogP contribution in [0.25, 0.3) is 5.65 Å². The summed E-state index contributed by atoms with van der Waals surface area (Å²) in [5, 5.41) is 2.82. The van der Waals surface area contributed by atoms with E-state index in [0.29, 0.717) is 17.2 Å². The predicted octanol–water partition coefficient (Wildman–Crippen LogP) is 2.98. The van der Waals surface area contributed by atoms with Crippen LogP contribution >= 0.6 is 0 Å². The van der Waals surface area contributed by atoms with Gasteiger partial charge in [0.15, 0.2) is 18.1 Å². The Labute approximate surface area is 140 Å². The number of imidazole rings is 1. The number of carbonyl (C=O) groups excluding carboxylic acids is 1. The van der Waals surface area contributed by atoms with Crippen LogP contribution in [0.2, 0.25) is 0 Å². The minimum Gasteiger partial charge on any atom is -0.493 e. The SMILES string of the molecule is COc1ccccc1OCC(=O)Nc1ccc2nc(C)c(C)n2c1. The van der Waals surface area contributed by atoms with Gasteiger partial charge in [-0.3, -0.25) is 4.79 Å². The number of carbonyl (C=O) groups is 1. The van der Waals surface area contributed by atoms with E-state index in [0.717, 1.165) is 17.0 Å². The van der Waals surface area contributed by atoms with Crippen LogP contribution in [-0.4, -0.2) is 29.0 Å². The molecule has 0 saturated carbocycles. The van der Waals surface area contributed by atoms with E-state index in [1.807, 2.05) is 48.7 Å². The first kappa shape index (κ1) is 15.9. The third kappa shape index (κ3) is 3.17. The van der Waals surface area contributed by atoms with Gasteiger partial charge in [-0.15, -0.1) is 0 Å². The lowest BCUT2D eigenvalue weighted by molar-refractivity contribution is -0.118. The number of benzene rings is 1. The number of aryl methyl sites for hydroxylation is 2. The fourth-order valence-corrected chi connectivity index (χ4v) is 2.43. The molecule has 24 heavy (non-hydrogen) atoms. The van der Waals surface area contributed by atoms with Gasteiger partial charge >= 0.3 is 0 Å². The van der Waals surface area contributed by atoms with Gasteiger partial charge in [0, 0.05) is 11.9 Å². The van der Waals surface area contributed by atoms with Gasteiger partial charge in [0.1, 0.15) is 5.65 Å². The van der Waals surface area contributed by atoms with Crippen molar-refractivity contribution in [2.75, 3.05) is 19.0 Å². The Morgan fingerprint density at radius 3 is 2.67 bits per heavy atom. The summed E-state index contributed by atoms with van der Waals surface area (Å²) in [5.74, 6) is 0.887. The van der Waals surface area contributed by atoms with Crippen molar-refractivity contribution >= 4 is 17.2 Å². The van der Waals surface area contributed by atoms with Crippen LogP contribution in [-0.2, 0) is 4.79 Å². The van der Waals surface area contributed by atoms with Crippen LogP contribution in [0.5, 0.6) is 11.5 Å². The Hall–Kier alpha value is -3.02. The molecule has 0 saturated heterocycles. The molecular formula is C18H19N3O3. The van der Waals surface area contributed by atoms with Crippen LogP contribution in [0.4, 0.5) is 5.69 Å². The summed E-state index contributed by atoms with van der Waals surface area (Å²) in [6, 6.07) is 10.9. The number of rotatable bonds is 5. The zero-order valence-electron chi connectivity index (χ0n) is 13.9.